The van der Waals surface area contributed by atoms with Gasteiger partial charge in [-0.05, 0) is 31.9 Å². The molecular weight excluding hydrogens is 339 g/mol. The molecule has 0 unspecified atom stereocenters. The van der Waals surface area contributed by atoms with E-state index >= 15 is 0 Å². The van der Waals surface area contributed by atoms with Gasteiger partial charge in [-0.3, -0.25) is 4.90 Å². The van der Waals surface area contributed by atoms with Gasteiger partial charge in [-0.2, -0.15) is 0 Å². The number of thiazole rings is 1. The van der Waals surface area contributed by atoms with Gasteiger partial charge in [-0.25, -0.2) is 14.4 Å². The van der Waals surface area contributed by atoms with E-state index in [1.54, 1.807) is 23.6 Å². The van der Waals surface area contributed by atoms with Gasteiger partial charge in [-0.1, -0.05) is 0 Å². The summed E-state index contributed by atoms with van der Waals surface area (Å²) in [6, 6.07) is 3.11. The predicted molar refractivity (Wildman–Crippen MR) is 96.5 cm³/mol. The van der Waals surface area contributed by atoms with Crippen LogP contribution in [0, 0.1) is 12.7 Å². The Kier molecular flexibility index (Phi) is 4.71. The summed E-state index contributed by atoms with van der Waals surface area (Å²) < 4.78 is 20.4. The standard InChI is InChI=1S/C18H23FN4OS/c1-14-21-15(11-25-14)10-22-8-9-24-18(12-22)5-3-7-23(13-18)17-16(19)4-2-6-20-17/h2,4,6,11H,3,5,7-10,12-13H2,1H3/t18-/m1/s1. The minimum Gasteiger partial charge on any atom is -0.370 e. The van der Waals surface area contributed by atoms with Gasteiger partial charge in [0.2, 0.25) is 0 Å². The zero-order valence-electron chi connectivity index (χ0n) is 14.4. The molecule has 2 aromatic heterocycles. The number of hydrogen-bond donors (Lipinski definition) is 0. The topological polar surface area (TPSA) is 41.5 Å². The van der Waals surface area contributed by atoms with Crippen LogP contribution in [-0.4, -0.2) is 53.3 Å². The average molecular weight is 362 g/mol. The Morgan fingerprint density at radius 3 is 3.08 bits per heavy atom. The number of anilines is 1. The number of aromatic nitrogens is 2. The van der Waals surface area contributed by atoms with Crippen molar-refractivity contribution in [2.24, 2.45) is 0 Å². The summed E-state index contributed by atoms with van der Waals surface area (Å²) in [7, 11) is 0. The van der Waals surface area contributed by atoms with E-state index < -0.39 is 0 Å². The van der Waals surface area contributed by atoms with Crippen LogP contribution >= 0.6 is 11.3 Å². The van der Waals surface area contributed by atoms with E-state index in [1.807, 2.05) is 11.8 Å². The maximum absolute atomic E-state index is 14.1. The molecular formula is C18H23FN4OS. The molecule has 2 aromatic rings. The molecule has 1 atom stereocenters. The summed E-state index contributed by atoms with van der Waals surface area (Å²) >= 11 is 1.69. The first-order chi connectivity index (χ1) is 12.1. The quantitative estimate of drug-likeness (QED) is 0.840. The van der Waals surface area contributed by atoms with Gasteiger partial charge in [0.25, 0.3) is 0 Å². The molecule has 2 saturated heterocycles. The highest BCUT2D eigenvalue weighted by molar-refractivity contribution is 7.09. The molecule has 2 fully saturated rings. The summed E-state index contributed by atoms with van der Waals surface area (Å²) in [6.07, 6.45) is 3.64. The largest absolute Gasteiger partial charge is 0.370 e. The van der Waals surface area contributed by atoms with Crippen molar-refractivity contribution in [3.8, 4) is 0 Å². The molecule has 0 bridgehead atoms. The van der Waals surface area contributed by atoms with Crippen molar-refractivity contribution in [2.45, 2.75) is 31.9 Å². The third kappa shape index (κ3) is 3.68. The molecule has 0 radical (unpaired) electrons. The lowest BCUT2D eigenvalue weighted by molar-refractivity contribution is -0.116. The summed E-state index contributed by atoms with van der Waals surface area (Å²) in [4.78, 5) is 13.3. The van der Waals surface area contributed by atoms with E-state index in [0.717, 1.165) is 49.7 Å². The number of ether oxygens (including phenoxy) is 1. The normalized spacial score (nSPS) is 24.8. The predicted octanol–water partition coefficient (Wildman–Crippen LogP) is 2.86. The number of halogens is 1. The van der Waals surface area contributed by atoms with Crippen molar-refractivity contribution in [1.82, 2.24) is 14.9 Å². The zero-order chi connectivity index (χ0) is 17.3. The fourth-order valence-electron chi connectivity index (χ4n) is 3.90. The highest BCUT2D eigenvalue weighted by Gasteiger charge is 2.41. The maximum atomic E-state index is 14.1. The molecule has 134 valence electrons. The lowest BCUT2D eigenvalue weighted by Crippen LogP contribution is -2.59. The van der Waals surface area contributed by atoms with Crippen LogP contribution in [0.3, 0.4) is 0 Å². The smallest absolute Gasteiger partial charge is 0.165 e. The van der Waals surface area contributed by atoms with Gasteiger partial charge >= 0.3 is 0 Å². The summed E-state index contributed by atoms with van der Waals surface area (Å²) in [6.45, 7) is 6.88. The summed E-state index contributed by atoms with van der Waals surface area (Å²) in [5, 5.41) is 3.24. The number of pyridine rings is 1. The van der Waals surface area contributed by atoms with Crippen molar-refractivity contribution < 1.29 is 9.13 Å². The first kappa shape index (κ1) is 16.9. The molecule has 0 aromatic carbocycles. The second-order valence-corrected chi connectivity index (χ2v) is 8.00. The van der Waals surface area contributed by atoms with E-state index in [4.69, 9.17) is 4.74 Å². The Labute approximate surface area is 151 Å². The van der Waals surface area contributed by atoms with Gasteiger partial charge in [0.1, 0.15) is 0 Å². The molecule has 1 spiro atoms. The van der Waals surface area contributed by atoms with Crippen molar-refractivity contribution in [1.29, 1.82) is 0 Å². The lowest BCUT2D eigenvalue weighted by Gasteiger charge is -2.48. The molecule has 0 amide bonds. The second kappa shape index (κ2) is 6.97. The van der Waals surface area contributed by atoms with Crippen molar-refractivity contribution in [3.63, 3.8) is 0 Å². The second-order valence-electron chi connectivity index (χ2n) is 6.93. The molecule has 7 heteroatoms. The van der Waals surface area contributed by atoms with Crippen LogP contribution < -0.4 is 4.90 Å². The lowest BCUT2D eigenvalue weighted by atomic mass is 9.90. The third-order valence-electron chi connectivity index (χ3n) is 4.96. The fourth-order valence-corrected chi connectivity index (χ4v) is 4.51. The molecule has 5 nitrogen and oxygen atoms in total. The Bertz CT molecular complexity index is 735. The molecule has 0 saturated carbocycles. The number of rotatable bonds is 3. The van der Waals surface area contributed by atoms with Gasteiger partial charge < -0.3 is 9.64 Å². The SMILES string of the molecule is Cc1nc(CN2CCO[C@]3(CCCN(c4ncccc4F)C3)C2)cs1. The third-order valence-corrected chi connectivity index (χ3v) is 5.78. The van der Waals surface area contributed by atoms with Gasteiger partial charge in [0.05, 0.1) is 22.9 Å². The molecule has 0 aliphatic carbocycles. The first-order valence-electron chi connectivity index (χ1n) is 8.76. The number of hydrogen-bond acceptors (Lipinski definition) is 6. The van der Waals surface area contributed by atoms with Crippen LogP contribution in [0.1, 0.15) is 23.5 Å². The van der Waals surface area contributed by atoms with Crippen LogP contribution in [0.5, 0.6) is 0 Å². The van der Waals surface area contributed by atoms with Gasteiger partial charge in [0.15, 0.2) is 11.6 Å². The van der Waals surface area contributed by atoms with Crippen LogP contribution in [0.25, 0.3) is 0 Å². The van der Waals surface area contributed by atoms with E-state index in [9.17, 15) is 4.39 Å². The summed E-state index contributed by atoms with van der Waals surface area (Å²) in [5.74, 6) is 0.183. The number of morpholine rings is 1. The molecule has 2 aliphatic heterocycles. The van der Waals surface area contributed by atoms with Crippen LogP contribution in [0.2, 0.25) is 0 Å². The average Bonchev–Trinajstić information content (AvgIpc) is 3.00. The number of nitrogens with zero attached hydrogens (tertiary/aromatic N) is 4. The van der Waals surface area contributed by atoms with Crippen LogP contribution in [0.15, 0.2) is 23.7 Å². The minimum absolute atomic E-state index is 0.245. The molecule has 4 heterocycles. The van der Waals surface area contributed by atoms with Crippen molar-refractivity contribution in [2.75, 3.05) is 37.7 Å². The van der Waals surface area contributed by atoms with E-state index in [2.05, 4.69) is 20.2 Å². The number of piperidine rings is 1. The summed E-state index contributed by atoms with van der Waals surface area (Å²) in [5.41, 5.74) is 0.883. The van der Waals surface area contributed by atoms with E-state index in [1.165, 1.54) is 6.07 Å². The molecule has 25 heavy (non-hydrogen) atoms. The minimum atomic E-state index is -0.259. The maximum Gasteiger partial charge on any atom is 0.165 e. The Balaban J connectivity index is 1.47. The van der Waals surface area contributed by atoms with Crippen LogP contribution in [0.4, 0.5) is 10.2 Å². The monoisotopic (exact) mass is 362 g/mol. The first-order valence-corrected chi connectivity index (χ1v) is 9.64. The fraction of sp³-hybridized carbons (Fsp3) is 0.556. The zero-order valence-corrected chi connectivity index (χ0v) is 15.3. The number of aryl methyl sites for hydroxylation is 1. The van der Waals surface area contributed by atoms with E-state index in [-0.39, 0.29) is 11.4 Å². The van der Waals surface area contributed by atoms with Gasteiger partial charge in [0, 0.05) is 44.3 Å². The van der Waals surface area contributed by atoms with Crippen molar-refractivity contribution >= 4 is 17.2 Å². The van der Waals surface area contributed by atoms with E-state index in [0.29, 0.717) is 19.0 Å². The molecule has 4 rings (SSSR count). The van der Waals surface area contributed by atoms with Crippen molar-refractivity contribution in [3.05, 3.63) is 40.2 Å². The highest BCUT2D eigenvalue weighted by atomic mass is 32.1. The Morgan fingerprint density at radius 2 is 2.28 bits per heavy atom. The van der Waals surface area contributed by atoms with Gasteiger partial charge in [-0.15, -0.1) is 11.3 Å². The Morgan fingerprint density at radius 1 is 1.36 bits per heavy atom. The molecule has 2 aliphatic rings. The Hall–Kier alpha value is -1.57. The highest BCUT2D eigenvalue weighted by Crippen LogP contribution is 2.32. The van der Waals surface area contributed by atoms with Crippen LogP contribution in [-0.2, 0) is 11.3 Å². The molecule has 0 N–H and O–H groups in total.